The Morgan fingerprint density at radius 1 is 1.25 bits per heavy atom. The smallest absolute Gasteiger partial charge is 0.174 e. The van der Waals surface area contributed by atoms with Crippen LogP contribution < -0.4 is 10.1 Å². The van der Waals surface area contributed by atoms with Gasteiger partial charge < -0.3 is 10.1 Å². The molecule has 0 aliphatic carbocycles. The predicted octanol–water partition coefficient (Wildman–Crippen LogP) is 2.28. The van der Waals surface area contributed by atoms with Crippen LogP contribution >= 0.6 is 0 Å². The van der Waals surface area contributed by atoms with E-state index in [-0.39, 0.29) is 0 Å². The van der Waals surface area contributed by atoms with E-state index in [9.17, 15) is 0 Å². The van der Waals surface area contributed by atoms with Crippen LogP contribution in [0.25, 0.3) is 11.0 Å². The SMILES string of the molecule is COc1ccc(CNc2n[nH]c3cnc(C)nc23)cc1. The zero-order chi connectivity index (χ0) is 13.9. The molecule has 0 fully saturated rings. The van der Waals surface area contributed by atoms with E-state index in [0.717, 1.165) is 34.0 Å². The van der Waals surface area contributed by atoms with Crippen LogP contribution in [0.15, 0.2) is 30.5 Å². The van der Waals surface area contributed by atoms with Crippen LogP contribution in [0.4, 0.5) is 5.82 Å². The van der Waals surface area contributed by atoms with Crippen molar-refractivity contribution in [1.29, 1.82) is 0 Å². The van der Waals surface area contributed by atoms with Crippen LogP contribution in [0.3, 0.4) is 0 Å². The number of methoxy groups -OCH3 is 1. The molecule has 0 aliphatic heterocycles. The van der Waals surface area contributed by atoms with Crippen molar-refractivity contribution >= 4 is 16.9 Å². The molecule has 20 heavy (non-hydrogen) atoms. The quantitative estimate of drug-likeness (QED) is 0.760. The number of benzene rings is 1. The second-order valence-electron chi connectivity index (χ2n) is 4.45. The number of hydrogen-bond acceptors (Lipinski definition) is 5. The number of ether oxygens (including phenoxy) is 1. The zero-order valence-corrected chi connectivity index (χ0v) is 11.3. The number of nitrogens with one attached hydrogen (secondary N) is 2. The molecular weight excluding hydrogens is 254 g/mol. The lowest BCUT2D eigenvalue weighted by molar-refractivity contribution is 0.414. The highest BCUT2D eigenvalue weighted by Crippen LogP contribution is 2.18. The van der Waals surface area contributed by atoms with Gasteiger partial charge in [0.15, 0.2) is 5.82 Å². The van der Waals surface area contributed by atoms with Crippen molar-refractivity contribution in [2.24, 2.45) is 0 Å². The molecule has 1 aromatic carbocycles. The highest BCUT2D eigenvalue weighted by molar-refractivity contribution is 5.84. The van der Waals surface area contributed by atoms with E-state index in [1.807, 2.05) is 31.2 Å². The van der Waals surface area contributed by atoms with E-state index >= 15 is 0 Å². The minimum atomic E-state index is 0.674. The van der Waals surface area contributed by atoms with Crippen molar-refractivity contribution in [3.8, 4) is 5.75 Å². The molecule has 0 unspecified atom stereocenters. The summed E-state index contributed by atoms with van der Waals surface area (Å²) >= 11 is 0. The second kappa shape index (κ2) is 5.16. The van der Waals surface area contributed by atoms with Crippen LogP contribution in [-0.2, 0) is 6.54 Å². The van der Waals surface area contributed by atoms with Gasteiger partial charge in [0.1, 0.15) is 22.6 Å². The highest BCUT2D eigenvalue weighted by atomic mass is 16.5. The predicted molar refractivity (Wildman–Crippen MR) is 76.7 cm³/mol. The lowest BCUT2D eigenvalue weighted by atomic mass is 10.2. The van der Waals surface area contributed by atoms with E-state index in [2.05, 4.69) is 25.5 Å². The van der Waals surface area contributed by atoms with Crippen molar-refractivity contribution in [1.82, 2.24) is 20.2 Å². The fourth-order valence-corrected chi connectivity index (χ4v) is 1.95. The number of hydrogen-bond donors (Lipinski definition) is 2. The Kier molecular flexibility index (Phi) is 3.20. The standard InChI is InChI=1S/C14H15N5O/c1-9-15-8-12-13(17-9)14(19-18-12)16-7-10-3-5-11(20-2)6-4-10/h3-6,8H,7H2,1-2H3,(H2,16,18,19). The Labute approximate surface area is 116 Å². The third-order valence-electron chi connectivity index (χ3n) is 3.04. The maximum atomic E-state index is 5.14. The minimum absolute atomic E-state index is 0.674. The zero-order valence-electron chi connectivity index (χ0n) is 11.3. The molecule has 6 nitrogen and oxygen atoms in total. The number of anilines is 1. The summed E-state index contributed by atoms with van der Waals surface area (Å²) in [5, 5.41) is 10.4. The summed E-state index contributed by atoms with van der Waals surface area (Å²) in [6, 6.07) is 7.90. The van der Waals surface area contributed by atoms with Gasteiger partial charge in [0.25, 0.3) is 0 Å². The second-order valence-corrected chi connectivity index (χ2v) is 4.45. The fourth-order valence-electron chi connectivity index (χ4n) is 1.95. The summed E-state index contributed by atoms with van der Waals surface area (Å²) in [5.74, 6) is 2.31. The van der Waals surface area contributed by atoms with Crippen LogP contribution in [-0.4, -0.2) is 27.3 Å². The molecule has 0 saturated carbocycles. The van der Waals surface area contributed by atoms with E-state index in [4.69, 9.17) is 4.74 Å². The average Bonchev–Trinajstić information content (AvgIpc) is 2.88. The first-order chi connectivity index (χ1) is 9.76. The van der Waals surface area contributed by atoms with Gasteiger partial charge in [-0.1, -0.05) is 12.1 Å². The van der Waals surface area contributed by atoms with Gasteiger partial charge in [0.05, 0.1) is 13.3 Å². The van der Waals surface area contributed by atoms with Crippen LogP contribution in [0.5, 0.6) is 5.75 Å². The number of rotatable bonds is 4. The van der Waals surface area contributed by atoms with Gasteiger partial charge in [-0.05, 0) is 24.6 Å². The maximum Gasteiger partial charge on any atom is 0.174 e. The number of fused-ring (bicyclic) bond motifs is 1. The van der Waals surface area contributed by atoms with Crippen LogP contribution in [0.2, 0.25) is 0 Å². The van der Waals surface area contributed by atoms with Gasteiger partial charge >= 0.3 is 0 Å². The lowest BCUT2D eigenvalue weighted by Gasteiger charge is -2.05. The Morgan fingerprint density at radius 3 is 2.80 bits per heavy atom. The normalized spacial score (nSPS) is 10.7. The van der Waals surface area contributed by atoms with E-state index < -0.39 is 0 Å². The van der Waals surface area contributed by atoms with Crippen molar-refractivity contribution in [2.45, 2.75) is 13.5 Å². The minimum Gasteiger partial charge on any atom is -0.497 e. The first-order valence-electron chi connectivity index (χ1n) is 6.31. The molecule has 2 aromatic heterocycles. The van der Waals surface area contributed by atoms with Gasteiger partial charge in [-0.25, -0.2) is 9.97 Å². The Balaban J connectivity index is 1.77. The largest absolute Gasteiger partial charge is 0.497 e. The number of aromatic amines is 1. The molecule has 0 radical (unpaired) electrons. The first-order valence-corrected chi connectivity index (χ1v) is 6.31. The third kappa shape index (κ3) is 2.40. The molecule has 2 N–H and O–H groups in total. The molecule has 3 aromatic rings. The van der Waals surface area contributed by atoms with E-state index in [1.54, 1.807) is 13.3 Å². The Bertz CT molecular complexity index is 720. The van der Waals surface area contributed by atoms with Gasteiger partial charge in [-0.3, -0.25) is 5.10 Å². The van der Waals surface area contributed by atoms with Crippen molar-refractivity contribution < 1.29 is 4.74 Å². The molecule has 102 valence electrons. The first kappa shape index (κ1) is 12.4. The summed E-state index contributed by atoms with van der Waals surface area (Å²) in [6.45, 7) is 2.53. The summed E-state index contributed by atoms with van der Waals surface area (Å²) in [4.78, 5) is 8.52. The number of aryl methyl sites for hydroxylation is 1. The topological polar surface area (TPSA) is 75.7 Å². The number of H-pyrrole nitrogens is 1. The van der Waals surface area contributed by atoms with Crippen molar-refractivity contribution in [3.63, 3.8) is 0 Å². The molecular formula is C14H15N5O. The van der Waals surface area contributed by atoms with E-state index in [1.165, 1.54) is 0 Å². The van der Waals surface area contributed by atoms with Gasteiger partial charge in [0.2, 0.25) is 0 Å². The summed E-state index contributed by atoms with van der Waals surface area (Å²) in [7, 11) is 1.66. The van der Waals surface area contributed by atoms with E-state index in [0.29, 0.717) is 6.54 Å². The molecule has 3 rings (SSSR count). The number of nitrogens with zero attached hydrogens (tertiary/aromatic N) is 3. The van der Waals surface area contributed by atoms with Crippen molar-refractivity contribution in [3.05, 3.63) is 41.9 Å². The van der Waals surface area contributed by atoms with Gasteiger partial charge in [-0.2, -0.15) is 5.10 Å². The molecule has 0 spiro atoms. The molecule has 0 bridgehead atoms. The number of aromatic nitrogens is 4. The maximum absolute atomic E-state index is 5.14. The molecule has 0 amide bonds. The van der Waals surface area contributed by atoms with Gasteiger partial charge in [0, 0.05) is 6.54 Å². The summed E-state index contributed by atoms with van der Waals surface area (Å²) < 4.78 is 5.14. The summed E-state index contributed by atoms with van der Waals surface area (Å²) in [5.41, 5.74) is 2.78. The Morgan fingerprint density at radius 2 is 2.05 bits per heavy atom. The molecule has 0 aliphatic rings. The van der Waals surface area contributed by atoms with Crippen LogP contribution in [0.1, 0.15) is 11.4 Å². The monoisotopic (exact) mass is 269 g/mol. The summed E-state index contributed by atoms with van der Waals surface area (Å²) in [6.07, 6.45) is 1.74. The lowest BCUT2D eigenvalue weighted by Crippen LogP contribution is -2.00. The van der Waals surface area contributed by atoms with Crippen molar-refractivity contribution in [2.75, 3.05) is 12.4 Å². The molecule has 0 atom stereocenters. The average molecular weight is 269 g/mol. The highest BCUT2D eigenvalue weighted by Gasteiger charge is 2.07. The van der Waals surface area contributed by atoms with Gasteiger partial charge in [-0.15, -0.1) is 0 Å². The Hall–Kier alpha value is -2.63. The van der Waals surface area contributed by atoms with Crippen LogP contribution in [0, 0.1) is 6.92 Å². The fraction of sp³-hybridized carbons (Fsp3) is 0.214. The molecule has 6 heteroatoms. The molecule has 0 saturated heterocycles. The third-order valence-corrected chi connectivity index (χ3v) is 3.04. The molecule has 2 heterocycles.